The van der Waals surface area contributed by atoms with Crippen LogP contribution in [-0.2, 0) is 21.4 Å². The van der Waals surface area contributed by atoms with E-state index in [1.165, 1.54) is 32.4 Å². The molecular formula is C15H25N3O4S. The zero-order valence-electron chi connectivity index (χ0n) is 14.5. The van der Waals surface area contributed by atoms with Crippen molar-refractivity contribution in [1.82, 2.24) is 13.8 Å². The van der Waals surface area contributed by atoms with Gasteiger partial charge in [0.05, 0.1) is 4.90 Å². The maximum absolute atomic E-state index is 12.4. The highest BCUT2D eigenvalue weighted by atomic mass is 32.2. The Kier molecular flexibility index (Phi) is 6.12. The van der Waals surface area contributed by atoms with Gasteiger partial charge in [-0.15, -0.1) is 0 Å². The summed E-state index contributed by atoms with van der Waals surface area (Å²) in [5, 5.41) is 0. The molecule has 1 amide bonds. The third-order valence-electron chi connectivity index (χ3n) is 3.44. The second kappa shape index (κ2) is 7.27. The van der Waals surface area contributed by atoms with E-state index in [4.69, 9.17) is 0 Å². The van der Waals surface area contributed by atoms with Crippen molar-refractivity contribution in [1.29, 1.82) is 0 Å². The lowest BCUT2D eigenvalue weighted by molar-refractivity contribution is -0.135. The Morgan fingerprint density at radius 3 is 2.09 bits per heavy atom. The lowest BCUT2D eigenvalue weighted by Crippen LogP contribution is -2.44. The van der Waals surface area contributed by atoms with Crippen molar-refractivity contribution in [2.45, 2.75) is 51.2 Å². The molecule has 1 rings (SSSR count). The van der Waals surface area contributed by atoms with Crippen LogP contribution in [0.25, 0.3) is 0 Å². The van der Waals surface area contributed by atoms with Gasteiger partial charge in [-0.05, 0) is 33.8 Å². The van der Waals surface area contributed by atoms with Crippen LogP contribution in [0.3, 0.4) is 0 Å². The number of aromatic nitrogens is 1. The number of amides is 1. The number of carbonyl (C=O) groups is 1. The van der Waals surface area contributed by atoms with Crippen LogP contribution in [0.1, 0.15) is 27.7 Å². The molecule has 0 aliphatic carbocycles. The molecule has 0 bridgehead atoms. The highest BCUT2D eigenvalue weighted by Gasteiger charge is 2.22. The van der Waals surface area contributed by atoms with E-state index in [1.807, 2.05) is 27.7 Å². The van der Waals surface area contributed by atoms with Gasteiger partial charge in [0.1, 0.15) is 6.54 Å². The summed E-state index contributed by atoms with van der Waals surface area (Å²) in [5.41, 5.74) is -0.413. The van der Waals surface area contributed by atoms with Crippen LogP contribution in [-0.4, -0.2) is 54.3 Å². The minimum Gasteiger partial charge on any atom is -0.336 e. The number of hydrogen-bond donors (Lipinski definition) is 0. The molecule has 0 aliphatic heterocycles. The summed E-state index contributed by atoms with van der Waals surface area (Å²) in [6.07, 6.45) is 1.22. The van der Waals surface area contributed by atoms with Crippen molar-refractivity contribution in [2.75, 3.05) is 14.1 Å². The van der Waals surface area contributed by atoms with Gasteiger partial charge in [-0.2, -0.15) is 0 Å². The molecule has 0 N–H and O–H groups in total. The predicted molar refractivity (Wildman–Crippen MR) is 88.7 cm³/mol. The molecule has 130 valence electrons. The second-order valence-corrected chi connectivity index (χ2v) is 8.26. The van der Waals surface area contributed by atoms with Crippen LogP contribution >= 0.6 is 0 Å². The third-order valence-corrected chi connectivity index (χ3v) is 5.24. The number of hydrogen-bond acceptors (Lipinski definition) is 4. The highest BCUT2D eigenvalue weighted by molar-refractivity contribution is 7.89. The zero-order chi connectivity index (χ0) is 17.9. The highest BCUT2D eigenvalue weighted by Crippen LogP contribution is 2.11. The summed E-state index contributed by atoms with van der Waals surface area (Å²) in [7, 11) is -0.832. The number of sulfonamides is 1. The van der Waals surface area contributed by atoms with Gasteiger partial charge in [0.15, 0.2) is 0 Å². The monoisotopic (exact) mass is 343 g/mol. The van der Waals surface area contributed by atoms with Gasteiger partial charge in [0.25, 0.3) is 5.56 Å². The van der Waals surface area contributed by atoms with E-state index < -0.39 is 15.6 Å². The maximum Gasteiger partial charge on any atom is 0.251 e. The second-order valence-electron chi connectivity index (χ2n) is 6.11. The first kappa shape index (κ1) is 19.4. The molecule has 0 unspecified atom stereocenters. The summed E-state index contributed by atoms with van der Waals surface area (Å²) in [4.78, 5) is 26.0. The van der Waals surface area contributed by atoms with Gasteiger partial charge in [-0.3, -0.25) is 9.59 Å². The molecule has 0 saturated heterocycles. The Morgan fingerprint density at radius 1 is 1.13 bits per heavy atom. The summed E-state index contributed by atoms with van der Waals surface area (Å²) in [6, 6.07) is 2.40. The van der Waals surface area contributed by atoms with E-state index in [2.05, 4.69) is 0 Å². The summed E-state index contributed by atoms with van der Waals surface area (Å²) >= 11 is 0. The first-order chi connectivity index (χ1) is 10.5. The molecule has 1 aromatic rings. The Morgan fingerprint density at radius 2 is 1.65 bits per heavy atom. The minimum absolute atomic E-state index is 0.00751. The van der Waals surface area contributed by atoms with Crippen LogP contribution in [0.2, 0.25) is 0 Å². The molecule has 0 aromatic carbocycles. The molecule has 0 aliphatic rings. The molecule has 7 nitrogen and oxygen atoms in total. The number of rotatable bonds is 6. The average Bonchev–Trinajstić information content (AvgIpc) is 2.39. The zero-order valence-corrected chi connectivity index (χ0v) is 15.3. The molecule has 0 spiro atoms. The largest absolute Gasteiger partial charge is 0.336 e. The standard InChI is InChI=1S/C15H25N3O4S/c1-11(2)18(12(3)4)15(20)10-17-9-13(7-8-14(17)19)23(21,22)16(5)6/h7-9,11-12H,10H2,1-6H3. The van der Waals surface area contributed by atoms with Crippen LogP contribution in [0.15, 0.2) is 28.0 Å². The molecule has 0 saturated carbocycles. The molecule has 0 atom stereocenters. The smallest absolute Gasteiger partial charge is 0.251 e. The maximum atomic E-state index is 12.4. The molecule has 23 heavy (non-hydrogen) atoms. The van der Waals surface area contributed by atoms with E-state index in [0.29, 0.717) is 0 Å². The van der Waals surface area contributed by atoms with Gasteiger partial charge in [-0.25, -0.2) is 12.7 Å². The number of nitrogens with zero attached hydrogens (tertiary/aromatic N) is 3. The fourth-order valence-electron chi connectivity index (χ4n) is 2.40. The Bertz CT molecular complexity index is 712. The molecule has 1 aromatic heterocycles. The third kappa shape index (κ3) is 4.42. The first-order valence-corrected chi connectivity index (χ1v) is 8.86. The van der Waals surface area contributed by atoms with Crippen LogP contribution in [0.5, 0.6) is 0 Å². The Hall–Kier alpha value is -1.67. The summed E-state index contributed by atoms with van der Waals surface area (Å²) < 4.78 is 26.5. The van der Waals surface area contributed by atoms with Crippen molar-refractivity contribution in [3.05, 3.63) is 28.7 Å². The van der Waals surface area contributed by atoms with Crippen LogP contribution < -0.4 is 5.56 Å². The van der Waals surface area contributed by atoms with Gasteiger partial charge in [-0.1, -0.05) is 0 Å². The average molecular weight is 343 g/mol. The van der Waals surface area contributed by atoms with Crippen molar-refractivity contribution in [2.24, 2.45) is 0 Å². The SMILES string of the molecule is CC(C)N(C(=O)Cn1cc(S(=O)(=O)N(C)C)ccc1=O)C(C)C. The molecular weight excluding hydrogens is 318 g/mol. The van der Waals surface area contributed by atoms with Crippen LogP contribution in [0.4, 0.5) is 0 Å². The number of pyridine rings is 1. The minimum atomic E-state index is -3.66. The lowest BCUT2D eigenvalue weighted by atomic mass is 10.2. The Labute approximate surface area is 137 Å². The van der Waals surface area contributed by atoms with Crippen LogP contribution in [0, 0.1) is 0 Å². The van der Waals surface area contributed by atoms with E-state index in [1.54, 1.807) is 4.90 Å². The van der Waals surface area contributed by atoms with Crippen molar-refractivity contribution < 1.29 is 13.2 Å². The molecule has 1 heterocycles. The van der Waals surface area contributed by atoms with Gasteiger partial charge < -0.3 is 9.47 Å². The Balaban J connectivity index is 3.20. The van der Waals surface area contributed by atoms with E-state index in [0.717, 1.165) is 8.87 Å². The van der Waals surface area contributed by atoms with Crippen molar-refractivity contribution >= 4 is 15.9 Å². The van der Waals surface area contributed by atoms with Crippen molar-refractivity contribution in [3.63, 3.8) is 0 Å². The quantitative estimate of drug-likeness (QED) is 0.763. The van der Waals surface area contributed by atoms with E-state index >= 15 is 0 Å². The van der Waals surface area contributed by atoms with Gasteiger partial charge >= 0.3 is 0 Å². The van der Waals surface area contributed by atoms with Gasteiger partial charge in [0, 0.05) is 38.4 Å². The summed E-state index contributed by atoms with van der Waals surface area (Å²) in [5.74, 6) is -0.225. The van der Waals surface area contributed by atoms with Crippen molar-refractivity contribution in [3.8, 4) is 0 Å². The van der Waals surface area contributed by atoms with Gasteiger partial charge in [0.2, 0.25) is 15.9 Å². The fourth-order valence-corrected chi connectivity index (χ4v) is 3.32. The fraction of sp³-hybridized carbons (Fsp3) is 0.600. The van der Waals surface area contributed by atoms with E-state index in [-0.39, 0.29) is 29.4 Å². The topological polar surface area (TPSA) is 79.7 Å². The first-order valence-electron chi connectivity index (χ1n) is 7.42. The van der Waals surface area contributed by atoms with E-state index in [9.17, 15) is 18.0 Å². The lowest BCUT2D eigenvalue weighted by Gasteiger charge is -2.31. The number of carbonyl (C=O) groups excluding carboxylic acids is 1. The normalized spacial score (nSPS) is 12.2. The molecule has 8 heteroatoms. The predicted octanol–water partition coefficient (Wildman–Crippen LogP) is 0.744. The molecule has 0 radical (unpaired) electrons. The summed E-state index contributed by atoms with van der Waals surface area (Å²) in [6.45, 7) is 7.40. The molecule has 0 fully saturated rings.